The minimum Gasteiger partial charge on any atom is -0.489 e. The van der Waals surface area contributed by atoms with Gasteiger partial charge in [-0.25, -0.2) is 4.79 Å². The molecule has 1 aliphatic carbocycles. The van der Waals surface area contributed by atoms with Gasteiger partial charge in [0.15, 0.2) is 0 Å². The van der Waals surface area contributed by atoms with E-state index in [2.05, 4.69) is 5.32 Å². The number of rotatable bonds is 9. The topological polar surface area (TPSA) is 102 Å². The number of methoxy groups -OCH3 is 1. The van der Waals surface area contributed by atoms with Crippen molar-refractivity contribution in [3.05, 3.63) is 63.6 Å². The van der Waals surface area contributed by atoms with Gasteiger partial charge in [-0.05, 0) is 55.0 Å². The van der Waals surface area contributed by atoms with Gasteiger partial charge in [-0.3, -0.25) is 9.59 Å². The molecule has 2 unspecified atom stereocenters. The number of nitrogens with one attached hydrogen (secondary N) is 1. The summed E-state index contributed by atoms with van der Waals surface area (Å²) < 4.78 is 10.7. The Hall–Kier alpha value is -2.77. The van der Waals surface area contributed by atoms with Crippen LogP contribution in [-0.4, -0.2) is 36.1 Å². The molecule has 9 heteroatoms. The van der Waals surface area contributed by atoms with Crippen LogP contribution in [0.4, 0.5) is 0 Å². The second-order valence-electron chi connectivity index (χ2n) is 9.87. The van der Waals surface area contributed by atoms with Crippen LogP contribution in [0.3, 0.4) is 0 Å². The van der Waals surface area contributed by atoms with Crippen molar-refractivity contribution in [3.8, 4) is 5.75 Å². The van der Waals surface area contributed by atoms with Crippen LogP contribution in [0, 0.1) is 16.7 Å². The molecular formula is C27H31Cl2NO6. The number of carboxylic acids is 1. The molecule has 1 aliphatic rings. The second kappa shape index (κ2) is 11.1. The zero-order chi connectivity index (χ0) is 26.7. The van der Waals surface area contributed by atoms with Crippen molar-refractivity contribution in [3.63, 3.8) is 0 Å². The first-order chi connectivity index (χ1) is 16.9. The third-order valence-electron chi connectivity index (χ3n) is 7.60. The smallest absolute Gasteiger partial charge is 0.326 e. The van der Waals surface area contributed by atoms with E-state index >= 15 is 0 Å². The SMILES string of the molecule is COC(=O)C1(C)CCC(C(=O)N[C@@H](Cc2ccc(OCc3c(Cl)cccc3Cl)cc2)C(=O)O)C1(C)C. The molecule has 1 amide bonds. The fourth-order valence-electron chi connectivity index (χ4n) is 4.81. The van der Waals surface area contributed by atoms with Crippen LogP contribution < -0.4 is 10.1 Å². The monoisotopic (exact) mass is 535 g/mol. The van der Waals surface area contributed by atoms with Crippen molar-refractivity contribution in [2.75, 3.05) is 7.11 Å². The van der Waals surface area contributed by atoms with Gasteiger partial charge in [0.25, 0.3) is 0 Å². The number of benzene rings is 2. The van der Waals surface area contributed by atoms with Gasteiger partial charge in [0.05, 0.1) is 12.5 Å². The number of hydrogen-bond donors (Lipinski definition) is 2. The number of halogens is 2. The summed E-state index contributed by atoms with van der Waals surface area (Å²) in [4.78, 5) is 37.5. The van der Waals surface area contributed by atoms with Crippen molar-refractivity contribution in [2.45, 2.75) is 52.7 Å². The maximum atomic E-state index is 13.1. The van der Waals surface area contributed by atoms with E-state index in [0.29, 0.717) is 34.2 Å². The second-order valence-corrected chi connectivity index (χ2v) is 10.7. The van der Waals surface area contributed by atoms with Crippen LogP contribution >= 0.6 is 23.2 Å². The lowest BCUT2D eigenvalue weighted by Gasteiger charge is -2.39. The van der Waals surface area contributed by atoms with Crippen molar-refractivity contribution in [1.29, 1.82) is 0 Å². The minimum atomic E-state index is -1.14. The first-order valence-corrected chi connectivity index (χ1v) is 12.4. The summed E-state index contributed by atoms with van der Waals surface area (Å²) in [6.45, 7) is 5.69. The molecule has 3 rings (SSSR count). The molecule has 2 N–H and O–H groups in total. The summed E-state index contributed by atoms with van der Waals surface area (Å²) in [6.07, 6.45) is 1.06. The molecule has 2 aromatic rings. The zero-order valence-corrected chi connectivity index (χ0v) is 22.3. The summed E-state index contributed by atoms with van der Waals surface area (Å²) in [6, 6.07) is 11.1. The summed E-state index contributed by atoms with van der Waals surface area (Å²) >= 11 is 12.4. The molecule has 0 spiro atoms. The van der Waals surface area contributed by atoms with Gasteiger partial charge >= 0.3 is 11.9 Å². The van der Waals surface area contributed by atoms with E-state index in [0.717, 1.165) is 5.56 Å². The van der Waals surface area contributed by atoms with E-state index in [1.165, 1.54) is 7.11 Å². The molecule has 1 fully saturated rings. The quantitative estimate of drug-likeness (QED) is 0.422. The number of aliphatic carboxylic acids is 1. The summed E-state index contributed by atoms with van der Waals surface area (Å²) in [5.41, 5.74) is -0.129. The molecule has 1 saturated carbocycles. The molecule has 194 valence electrons. The Morgan fingerprint density at radius 2 is 1.69 bits per heavy atom. The van der Waals surface area contributed by atoms with Crippen LogP contribution in [0.15, 0.2) is 42.5 Å². The van der Waals surface area contributed by atoms with Crippen LogP contribution in [0.25, 0.3) is 0 Å². The molecule has 0 aromatic heterocycles. The van der Waals surface area contributed by atoms with Crippen LogP contribution in [0.2, 0.25) is 10.0 Å². The standard InChI is InChI=1S/C27H31Cl2NO6/c1-26(2)19(12-13-27(26,3)25(34)35-4)23(31)30-22(24(32)33)14-16-8-10-17(11-9-16)36-15-18-20(28)6-5-7-21(18)29/h5-11,19,22H,12-15H2,1-4H3,(H,30,31)(H,32,33)/t19?,22-,27?/m0/s1. The third kappa shape index (κ3) is 5.62. The highest BCUT2D eigenvalue weighted by molar-refractivity contribution is 6.35. The number of esters is 1. The van der Waals surface area contributed by atoms with Gasteiger partial charge < -0.3 is 19.9 Å². The molecule has 0 saturated heterocycles. The molecule has 0 radical (unpaired) electrons. The number of ether oxygens (including phenoxy) is 2. The van der Waals surface area contributed by atoms with Gasteiger partial charge in [0, 0.05) is 27.9 Å². The van der Waals surface area contributed by atoms with E-state index in [9.17, 15) is 19.5 Å². The molecule has 0 aliphatic heterocycles. The van der Waals surface area contributed by atoms with Crippen LogP contribution in [0.1, 0.15) is 44.7 Å². The summed E-state index contributed by atoms with van der Waals surface area (Å²) in [7, 11) is 1.33. The zero-order valence-electron chi connectivity index (χ0n) is 20.8. The van der Waals surface area contributed by atoms with Crippen molar-refractivity contribution in [1.82, 2.24) is 5.32 Å². The van der Waals surface area contributed by atoms with Crippen molar-refractivity contribution >= 4 is 41.0 Å². The van der Waals surface area contributed by atoms with Crippen LogP contribution in [0.5, 0.6) is 5.75 Å². The average molecular weight is 536 g/mol. The van der Waals surface area contributed by atoms with Gasteiger partial charge in [-0.1, -0.05) is 55.2 Å². The van der Waals surface area contributed by atoms with Gasteiger partial charge in [-0.2, -0.15) is 0 Å². The molecule has 7 nitrogen and oxygen atoms in total. The molecule has 36 heavy (non-hydrogen) atoms. The van der Waals surface area contributed by atoms with Crippen molar-refractivity contribution in [2.24, 2.45) is 16.7 Å². The van der Waals surface area contributed by atoms with Crippen LogP contribution in [-0.2, 0) is 32.1 Å². The van der Waals surface area contributed by atoms with Gasteiger partial charge in [0.2, 0.25) is 5.91 Å². The third-order valence-corrected chi connectivity index (χ3v) is 8.31. The Morgan fingerprint density at radius 3 is 2.25 bits per heavy atom. The fourth-order valence-corrected chi connectivity index (χ4v) is 5.31. The molecule has 0 heterocycles. The van der Waals surface area contributed by atoms with E-state index in [1.54, 1.807) is 49.4 Å². The summed E-state index contributed by atoms with van der Waals surface area (Å²) in [5, 5.41) is 13.5. The van der Waals surface area contributed by atoms with E-state index < -0.39 is 28.8 Å². The van der Waals surface area contributed by atoms with E-state index in [4.69, 9.17) is 32.7 Å². The lowest BCUT2D eigenvalue weighted by atomic mass is 9.65. The number of carboxylic acid groups (broad SMARTS) is 1. The molecule has 3 atom stereocenters. The number of carbonyl (C=O) groups is 3. The predicted molar refractivity (Wildman–Crippen MR) is 137 cm³/mol. The number of hydrogen-bond acceptors (Lipinski definition) is 5. The highest BCUT2D eigenvalue weighted by Crippen LogP contribution is 2.56. The first kappa shape index (κ1) is 27.8. The highest BCUT2D eigenvalue weighted by Gasteiger charge is 2.58. The summed E-state index contributed by atoms with van der Waals surface area (Å²) in [5.74, 6) is -1.83. The normalized spacial score (nSPS) is 21.4. The Kier molecular flexibility index (Phi) is 8.57. The molecule has 0 bridgehead atoms. The number of amides is 1. The van der Waals surface area contributed by atoms with Gasteiger partial charge in [-0.15, -0.1) is 0 Å². The maximum absolute atomic E-state index is 13.1. The Morgan fingerprint density at radius 1 is 1.08 bits per heavy atom. The lowest BCUT2D eigenvalue weighted by Crippen LogP contribution is -2.50. The number of carbonyl (C=O) groups excluding carboxylic acids is 2. The largest absolute Gasteiger partial charge is 0.489 e. The predicted octanol–water partition coefficient (Wildman–Crippen LogP) is 5.30. The van der Waals surface area contributed by atoms with E-state index in [-0.39, 0.29) is 24.9 Å². The average Bonchev–Trinajstić information content (AvgIpc) is 3.08. The Bertz CT molecular complexity index is 1110. The first-order valence-electron chi connectivity index (χ1n) is 11.7. The van der Waals surface area contributed by atoms with Gasteiger partial charge in [0.1, 0.15) is 18.4 Å². The minimum absolute atomic E-state index is 0.0963. The van der Waals surface area contributed by atoms with Crippen molar-refractivity contribution < 1.29 is 29.0 Å². The Labute approximate surface area is 221 Å². The fraction of sp³-hybridized carbons (Fsp3) is 0.444. The lowest BCUT2D eigenvalue weighted by molar-refractivity contribution is -0.159. The Balaban J connectivity index is 1.64. The maximum Gasteiger partial charge on any atom is 0.326 e. The highest BCUT2D eigenvalue weighted by atomic mass is 35.5. The molecular weight excluding hydrogens is 505 g/mol. The van der Waals surface area contributed by atoms with E-state index in [1.807, 2.05) is 13.8 Å². The molecule has 2 aromatic carbocycles.